The smallest absolute Gasteiger partial charge is 0.255 e. The van der Waals surface area contributed by atoms with Crippen LogP contribution in [0, 0.1) is 5.92 Å². The van der Waals surface area contributed by atoms with Crippen LogP contribution in [0.4, 0.5) is 5.82 Å². The number of nitrogen functional groups attached to an aromatic ring is 1. The molecule has 1 aromatic rings. The van der Waals surface area contributed by atoms with Crippen LogP contribution in [0.15, 0.2) is 12.3 Å². The molecule has 0 unspecified atom stereocenters. The van der Waals surface area contributed by atoms with Gasteiger partial charge in [0.25, 0.3) is 5.91 Å². The van der Waals surface area contributed by atoms with Crippen molar-refractivity contribution in [2.24, 2.45) is 5.92 Å². The molecule has 19 heavy (non-hydrogen) atoms. The third-order valence-electron chi connectivity index (χ3n) is 3.31. The Hall–Kier alpha value is -1.29. The van der Waals surface area contributed by atoms with Crippen molar-refractivity contribution in [1.29, 1.82) is 0 Å². The quantitative estimate of drug-likeness (QED) is 0.903. The molecule has 0 aliphatic heterocycles. The Morgan fingerprint density at radius 3 is 2.79 bits per heavy atom. The molecule has 2 rings (SSSR count). The summed E-state index contributed by atoms with van der Waals surface area (Å²) in [5.74, 6) is 0.859. The molecule has 0 spiro atoms. The van der Waals surface area contributed by atoms with E-state index in [2.05, 4.69) is 18.8 Å². The van der Waals surface area contributed by atoms with Crippen molar-refractivity contribution < 1.29 is 4.79 Å². The van der Waals surface area contributed by atoms with Crippen molar-refractivity contribution >= 4 is 23.3 Å². The summed E-state index contributed by atoms with van der Waals surface area (Å²) in [5.41, 5.74) is 6.09. The van der Waals surface area contributed by atoms with Crippen LogP contribution in [-0.2, 0) is 0 Å². The van der Waals surface area contributed by atoms with Crippen LogP contribution >= 0.6 is 11.6 Å². The molecule has 0 aromatic carbocycles. The number of hydrogen-bond donors (Lipinski definition) is 1. The van der Waals surface area contributed by atoms with E-state index in [0.717, 1.165) is 25.8 Å². The predicted octanol–water partition coefficient (Wildman–Crippen LogP) is 2.97. The van der Waals surface area contributed by atoms with E-state index in [-0.39, 0.29) is 11.7 Å². The van der Waals surface area contributed by atoms with Crippen molar-refractivity contribution in [2.45, 2.75) is 39.2 Å². The molecule has 0 saturated heterocycles. The highest BCUT2D eigenvalue weighted by Gasteiger charge is 2.33. The highest BCUT2D eigenvalue weighted by Crippen LogP contribution is 2.29. The molecule has 1 heterocycles. The molecule has 1 aromatic heterocycles. The lowest BCUT2D eigenvalue weighted by molar-refractivity contribution is 0.0735. The van der Waals surface area contributed by atoms with Crippen LogP contribution < -0.4 is 5.73 Å². The largest absolute Gasteiger partial charge is 0.382 e. The van der Waals surface area contributed by atoms with E-state index in [4.69, 9.17) is 17.3 Å². The third kappa shape index (κ3) is 3.60. The Kier molecular flexibility index (Phi) is 4.30. The summed E-state index contributed by atoms with van der Waals surface area (Å²) in [4.78, 5) is 18.4. The number of nitrogens with zero attached hydrogens (tertiary/aromatic N) is 2. The number of anilines is 1. The number of carbonyl (C=O) groups excluding carboxylic acids is 1. The number of carbonyl (C=O) groups is 1. The lowest BCUT2D eigenvalue weighted by atomic mass is 10.1. The summed E-state index contributed by atoms with van der Waals surface area (Å²) in [7, 11) is 0. The number of amides is 1. The molecular weight excluding hydrogens is 262 g/mol. The molecule has 1 aliphatic rings. The second-order valence-corrected chi connectivity index (χ2v) is 5.91. The zero-order chi connectivity index (χ0) is 14.0. The normalized spacial score (nSPS) is 14.7. The minimum Gasteiger partial charge on any atom is -0.382 e. The average molecular weight is 282 g/mol. The molecule has 4 nitrogen and oxygen atoms in total. The average Bonchev–Trinajstić information content (AvgIpc) is 3.16. The van der Waals surface area contributed by atoms with Gasteiger partial charge in [-0.05, 0) is 31.2 Å². The molecule has 0 radical (unpaired) electrons. The maximum absolute atomic E-state index is 12.5. The molecule has 104 valence electrons. The van der Waals surface area contributed by atoms with Crippen molar-refractivity contribution in [2.75, 3.05) is 12.3 Å². The van der Waals surface area contributed by atoms with Gasteiger partial charge in [-0.2, -0.15) is 0 Å². The Labute approximate surface area is 118 Å². The number of rotatable bonds is 5. The van der Waals surface area contributed by atoms with Gasteiger partial charge in [-0.15, -0.1) is 0 Å². The topological polar surface area (TPSA) is 59.2 Å². The summed E-state index contributed by atoms with van der Waals surface area (Å²) >= 11 is 5.93. The monoisotopic (exact) mass is 281 g/mol. The Morgan fingerprint density at radius 2 is 2.26 bits per heavy atom. The van der Waals surface area contributed by atoms with Crippen LogP contribution in [0.1, 0.15) is 43.5 Å². The summed E-state index contributed by atoms with van der Waals surface area (Å²) in [6.07, 6.45) is 4.71. The van der Waals surface area contributed by atoms with Gasteiger partial charge in [0.2, 0.25) is 0 Å². The molecule has 2 N–H and O–H groups in total. The lowest BCUT2D eigenvalue weighted by Gasteiger charge is -2.23. The molecule has 1 aliphatic carbocycles. The van der Waals surface area contributed by atoms with Crippen LogP contribution in [0.25, 0.3) is 0 Å². The van der Waals surface area contributed by atoms with Gasteiger partial charge in [-0.1, -0.05) is 25.4 Å². The van der Waals surface area contributed by atoms with Crippen LogP contribution in [0.5, 0.6) is 0 Å². The van der Waals surface area contributed by atoms with Gasteiger partial charge in [0, 0.05) is 18.8 Å². The Morgan fingerprint density at radius 1 is 1.58 bits per heavy atom. The SMILES string of the molecule is CC(C)CCN(C(=O)c1cnc(N)c(Cl)c1)C1CC1. The van der Waals surface area contributed by atoms with E-state index >= 15 is 0 Å². The van der Waals surface area contributed by atoms with Gasteiger partial charge in [-0.3, -0.25) is 4.79 Å². The first-order chi connectivity index (χ1) is 8.99. The number of nitrogens with two attached hydrogens (primary N) is 1. The first kappa shape index (κ1) is 14.1. The summed E-state index contributed by atoms with van der Waals surface area (Å²) in [5, 5.41) is 0.338. The standard InChI is InChI=1S/C14H20ClN3O/c1-9(2)5-6-18(11-3-4-11)14(19)10-7-12(15)13(16)17-8-10/h7-9,11H,3-6H2,1-2H3,(H2,16,17). The second kappa shape index (κ2) is 5.78. The van der Waals surface area contributed by atoms with Gasteiger partial charge in [0.1, 0.15) is 5.82 Å². The second-order valence-electron chi connectivity index (χ2n) is 5.50. The molecule has 1 saturated carbocycles. The molecule has 1 fully saturated rings. The molecule has 5 heteroatoms. The highest BCUT2D eigenvalue weighted by atomic mass is 35.5. The van der Waals surface area contributed by atoms with Crippen molar-refractivity contribution in [1.82, 2.24) is 9.88 Å². The van der Waals surface area contributed by atoms with Crippen molar-refractivity contribution in [3.8, 4) is 0 Å². The van der Waals surface area contributed by atoms with E-state index in [1.807, 2.05) is 4.90 Å². The van der Waals surface area contributed by atoms with E-state index in [1.54, 1.807) is 6.07 Å². The van der Waals surface area contributed by atoms with Gasteiger partial charge in [0.15, 0.2) is 0 Å². The fourth-order valence-corrected chi connectivity index (χ4v) is 2.13. The molecule has 0 bridgehead atoms. The lowest BCUT2D eigenvalue weighted by Crippen LogP contribution is -2.34. The fourth-order valence-electron chi connectivity index (χ4n) is 1.96. The fraction of sp³-hybridized carbons (Fsp3) is 0.571. The van der Waals surface area contributed by atoms with E-state index in [0.29, 0.717) is 22.5 Å². The molecule has 1 amide bonds. The summed E-state index contributed by atoms with van der Waals surface area (Å²) in [6.45, 7) is 5.12. The summed E-state index contributed by atoms with van der Waals surface area (Å²) < 4.78 is 0. The minimum atomic E-state index is 0.0116. The number of halogens is 1. The zero-order valence-electron chi connectivity index (χ0n) is 11.4. The van der Waals surface area contributed by atoms with Crippen LogP contribution in [-0.4, -0.2) is 28.4 Å². The first-order valence-electron chi connectivity index (χ1n) is 6.71. The maximum atomic E-state index is 12.5. The Balaban J connectivity index is 2.12. The summed E-state index contributed by atoms with van der Waals surface area (Å²) in [6, 6.07) is 2.00. The minimum absolute atomic E-state index is 0.0116. The Bertz CT molecular complexity index is 472. The molecular formula is C14H20ClN3O. The maximum Gasteiger partial charge on any atom is 0.255 e. The van der Waals surface area contributed by atoms with Gasteiger partial charge >= 0.3 is 0 Å². The van der Waals surface area contributed by atoms with Gasteiger partial charge in [-0.25, -0.2) is 4.98 Å². The number of aromatic nitrogens is 1. The van der Waals surface area contributed by atoms with Gasteiger partial charge < -0.3 is 10.6 Å². The third-order valence-corrected chi connectivity index (χ3v) is 3.62. The zero-order valence-corrected chi connectivity index (χ0v) is 12.2. The van der Waals surface area contributed by atoms with Crippen LogP contribution in [0.3, 0.4) is 0 Å². The first-order valence-corrected chi connectivity index (χ1v) is 7.09. The number of pyridine rings is 1. The van der Waals surface area contributed by atoms with Crippen LogP contribution in [0.2, 0.25) is 5.02 Å². The van der Waals surface area contributed by atoms with Crippen molar-refractivity contribution in [3.63, 3.8) is 0 Å². The number of hydrogen-bond acceptors (Lipinski definition) is 3. The van der Waals surface area contributed by atoms with Gasteiger partial charge in [0.05, 0.1) is 10.6 Å². The highest BCUT2D eigenvalue weighted by molar-refractivity contribution is 6.33. The predicted molar refractivity (Wildman–Crippen MR) is 77.2 cm³/mol. The van der Waals surface area contributed by atoms with Crippen molar-refractivity contribution in [3.05, 3.63) is 22.8 Å². The van der Waals surface area contributed by atoms with E-state index in [1.165, 1.54) is 6.20 Å². The molecule has 0 atom stereocenters. The van der Waals surface area contributed by atoms with E-state index < -0.39 is 0 Å². The van der Waals surface area contributed by atoms with E-state index in [9.17, 15) is 4.79 Å².